The minimum Gasteiger partial charge on any atom is -0.466 e. The molecular formula is C20H27N3O2. The fourth-order valence-corrected chi connectivity index (χ4v) is 4.02. The second-order valence-electron chi connectivity index (χ2n) is 7.64. The number of hydrogen-bond donors (Lipinski definition) is 0. The molecule has 1 saturated heterocycles. The molecule has 25 heavy (non-hydrogen) atoms. The van der Waals surface area contributed by atoms with Gasteiger partial charge in [-0.15, -0.1) is 0 Å². The van der Waals surface area contributed by atoms with Crippen molar-refractivity contribution in [2.75, 3.05) is 13.1 Å². The predicted octanol–water partition coefficient (Wildman–Crippen LogP) is 3.70. The summed E-state index contributed by atoms with van der Waals surface area (Å²) >= 11 is 0. The van der Waals surface area contributed by atoms with Gasteiger partial charge >= 0.3 is 0 Å². The van der Waals surface area contributed by atoms with Crippen LogP contribution in [0, 0.1) is 12.8 Å². The van der Waals surface area contributed by atoms with Gasteiger partial charge in [0.25, 0.3) is 0 Å². The van der Waals surface area contributed by atoms with E-state index >= 15 is 0 Å². The van der Waals surface area contributed by atoms with Crippen LogP contribution in [0.25, 0.3) is 0 Å². The van der Waals surface area contributed by atoms with E-state index in [4.69, 9.17) is 4.42 Å². The Balaban J connectivity index is 1.31. The lowest BCUT2D eigenvalue weighted by molar-refractivity contribution is -0.132. The van der Waals surface area contributed by atoms with E-state index in [0.717, 1.165) is 49.2 Å². The molecule has 3 heterocycles. The molecule has 134 valence electrons. The highest BCUT2D eigenvalue weighted by Crippen LogP contribution is 2.47. The molecule has 0 aromatic carbocycles. The van der Waals surface area contributed by atoms with E-state index in [-0.39, 0.29) is 5.91 Å². The Morgan fingerprint density at radius 2 is 2.24 bits per heavy atom. The maximum absolute atomic E-state index is 12.6. The maximum Gasteiger partial charge on any atom is 0.223 e. The Bertz CT molecular complexity index is 748. The van der Waals surface area contributed by atoms with E-state index in [1.54, 1.807) is 0 Å². The lowest BCUT2D eigenvalue weighted by Crippen LogP contribution is -2.40. The van der Waals surface area contributed by atoms with Crippen molar-refractivity contribution in [3.05, 3.63) is 41.9 Å². The molecule has 5 nitrogen and oxygen atoms in total. The van der Waals surface area contributed by atoms with Crippen LogP contribution in [0.1, 0.15) is 61.9 Å². The van der Waals surface area contributed by atoms with Crippen molar-refractivity contribution in [1.29, 1.82) is 0 Å². The molecule has 5 heteroatoms. The second-order valence-corrected chi connectivity index (χ2v) is 7.64. The minimum atomic E-state index is 0.236. The quantitative estimate of drug-likeness (QED) is 0.833. The number of aryl methyl sites for hydroxylation is 2. The normalized spacial score (nSPS) is 26.0. The monoisotopic (exact) mass is 341 g/mol. The summed E-state index contributed by atoms with van der Waals surface area (Å²) in [5, 5.41) is 0. The third-order valence-corrected chi connectivity index (χ3v) is 5.75. The van der Waals surface area contributed by atoms with Gasteiger partial charge in [0, 0.05) is 44.2 Å². The summed E-state index contributed by atoms with van der Waals surface area (Å²) in [6, 6.07) is 4.49. The Morgan fingerprint density at radius 1 is 1.40 bits per heavy atom. The number of furan rings is 1. The van der Waals surface area contributed by atoms with Crippen LogP contribution >= 0.6 is 0 Å². The summed E-state index contributed by atoms with van der Waals surface area (Å²) in [4.78, 5) is 19.0. The van der Waals surface area contributed by atoms with Crippen molar-refractivity contribution < 1.29 is 9.21 Å². The molecule has 0 radical (unpaired) electrons. The minimum absolute atomic E-state index is 0.236. The van der Waals surface area contributed by atoms with E-state index in [1.807, 2.05) is 30.3 Å². The highest BCUT2D eigenvalue weighted by Gasteiger charge is 2.36. The largest absolute Gasteiger partial charge is 0.466 e. The van der Waals surface area contributed by atoms with Crippen LogP contribution in [0.4, 0.5) is 0 Å². The van der Waals surface area contributed by atoms with E-state index in [0.29, 0.717) is 24.8 Å². The molecule has 0 spiro atoms. The van der Waals surface area contributed by atoms with Crippen molar-refractivity contribution in [2.24, 2.45) is 5.92 Å². The van der Waals surface area contributed by atoms with Gasteiger partial charge in [-0.2, -0.15) is 0 Å². The van der Waals surface area contributed by atoms with E-state index in [2.05, 4.69) is 22.5 Å². The number of hydrogen-bond acceptors (Lipinski definition) is 3. The zero-order valence-corrected chi connectivity index (χ0v) is 15.1. The highest BCUT2D eigenvalue weighted by atomic mass is 16.3. The summed E-state index contributed by atoms with van der Waals surface area (Å²) in [6.07, 6.45) is 8.49. The molecule has 0 bridgehead atoms. The van der Waals surface area contributed by atoms with Crippen molar-refractivity contribution in [3.63, 3.8) is 0 Å². The van der Waals surface area contributed by atoms with Gasteiger partial charge in [0.2, 0.25) is 5.91 Å². The number of nitrogens with zero attached hydrogens (tertiary/aromatic N) is 3. The molecule has 4 rings (SSSR count). The summed E-state index contributed by atoms with van der Waals surface area (Å²) < 4.78 is 8.13. The lowest BCUT2D eigenvalue weighted by atomic mass is 10.0. The molecule has 1 aliphatic heterocycles. The Morgan fingerprint density at radius 3 is 2.96 bits per heavy atom. The lowest BCUT2D eigenvalue weighted by Gasteiger charge is -2.34. The summed E-state index contributed by atoms with van der Waals surface area (Å²) in [5.41, 5.74) is 0. The van der Waals surface area contributed by atoms with Crippen molar-refractivity contribution in [2.45, 2.75) is 57.9 Å². The Kier molecular flexibility index (Phi) is 4.40. The molecule has 2 aromatic heterocycles. The molecule has 1 saturated carbocycles. The van der Waals surface area contributed by atoms with Crippen LogP contribution in [-0.4, -0.2) is 33.4 Å². The van der Waals surface area contributed by atoms with Crippen LogP contribution in [-0.2, 0) is 11.2 Å². The molecule has 2 aliphatic rings. The second kappa shape index (κ2) is 6.70. The highest BCUT2D eigenvalue weighted by molar-refractivity contribution is 5.76. The number of aromatic nitrogens is 2. The Hall–Kier alpha value is -2.04. The zero-order valence-electron chi connectivity index (χ0n) is 15.1. The molecule has 3 unspecified atom stereocenters. The summed E-state index contributed by atoms with van der Waals surface area (Å²) in [5.74, 6) is 4.66. The van der Waals surface area contributed by atoms with Gasteiger partial charge in [-0.1, -0.05) is 6.92 Å². The van der Waals surface area contributed by atoms with Crippen molar-refractivity contribution in [1.82, 2.24) is 14.5 Å². The first-order valence-corrected chi connectivity index (χ1v) is 9.47. The fraction of sp³-hybridized carbons (Fsp3) is 0.600. The topological polar surface area (TPSA) is 51.3 Å². The zero-order chi connectivity index (χ0) is 17.4. The van der Waals surface area contributed by atoms with Gasteiger partial charge < -0.3 is 13.9 Å². The predicted molar refractivity (Wildman–Crippen MR) is 95.4 cm³/mol. The summed E-state index contributed by atoms with van der Waals surface area (Å²) in [6.45, 7) is 5.94. The van der Waals surface area contributed by atoms with Crippen LogP contribution < -0.4 is 0 Å². The molecule has 2 aromatic rings. The van der Waals surface area contributed by atoms with E-state index in [1.165, 1.54) is 6.42 Å². The van der Waals surface area contributed by atoms with Gasteiger partial charge in [0.1, 0.15) is 17.3 Å². The van der Waals surface area contributed by atoms with Crippen molar-refractivity contribution in [3.8, 4) is 0 Å². The van der Waals surface area contributed by atoms with Crippen LogP contribution in [0.2, 0.25) is 0 Å². The number of carbonyl (C=O) groups excluding carboxylic acids is 1. The third kappa shape index (κ3) is 3.51. The first-order chi connectivity index (χ1) is 12.1. The number of imidazole rings is 1. The fourth-order valence-electron chi connectivity index (χ4n) is 4.02. The number of amides is 1. The number of carbonyl (C=O) groups is 1. The van der Waals surface area contributed by atoms with Gasteiger partial charge in [-0.25, -0.2) is 4.98 Å². The number of likely N-dealkylation sites (tertiary alicyclic amines) is 1. The van der Waals surface area contributed by atoms with Gasteiger partial charge in [0.05, 0.1) is 6.04 Å². The average Bonchev–Trinajstić information content (AvgIpc) is 3.02. The molecule has 0 N–H and O–H groups in total. The van der Waals surface area contributed by atoms with Gasteiger partial charge in [-0.3, -0.25) is 4.79 Å². The molecule has 2 fully saturated rings. The van der Waals surface area contributed by atoms with Crippen LogP contribution in [0.5, 0.6) is 0 Å². The SMILES string of the molecule is Cc1nccn1C1CCCN(C(=O)CCc2ccc(C3CC3C)o2)C1. The van der Waals surface area contributed by atoms with Gasteiger partial charge in [-0.05, 0) is 44.2 Å². The van der Waals surface area contributed by atoms with Crippen molar-refractivity contribution >= 4 is 5.91 Å². The smallest absolute Gasteiger partial charge is 0.223 e. The maximum atomic E-state index is 12.6. The first kappa shape index (κ1) is 16.4. The molecule has 1 amide bonds. The average molecular weight is 341 g/mol. The number of piperidine rings is 1. The standard InChI is InChI=1S/C20H27N3O2/c1-14-12-18(14)19-7-5-17(25-19)6-8-20(24)22-10-3-4-16(13-22)23-11-9-21-15(23)2/h5,7,9,11,14,16,18H,3-4,6,8,10,12-13H2,1-2H3. The molecule has 3 atom stereocenters. The first-order valence-electron chi connectivity index (χ1n) is 9.47. The molecule has 1 aliphatic carbocycles. The summed E-state index contributed by atoms with van der Waals surface area (Å²) in [7, 11) is 0. The number of rotatable bonds is 5. The Labute approximate surface area is 149 Å². The third-order valence-electron chi connectivity index (χ3n) is 5.75. The molecular weight excluding hydrogens is 314 g/mol. The van der Waals surface area contributed by atoms with Crippen LogP contribution in [0.3, 0.4) is 0 Å². The van der Waals surface area contributed by atoms with Crippen LogP contribution in [0.15, 0.2) is 28.9 Å². The van der Waals surface area contributed by atoms with E-state index in [9.17, 15) is 4.79 Å². The van der Waals surface area contributed by atoms with E-state index < -0.39 is 0 Å². The van der Waals surface area contributed by atoms with Gasteiger partial charge in [0.15, 0.2) is 0 Å².